The molecule has 0 aliphatic carbocycles. The molecule has 0 bridgehead atoms. The molecule has 9 heteroatoms. The van der Waals surface area contributed by atoms with Gasteiger partial charge in [0.15, 0.2) is 5.82 Å². The molecule has 5 aromatic rings. The number of rotatable bonds is 8. The number of carbonyl (C=O) groups excluding carboxylic acids is 1. The molecule has 0 fully saturated rings. The van der Waals surface area contributed by atoms with Gasteiger partial charge in [-0.05, 0) is 47.0 Å². The number of ether oxygens (including phenoxy) is 1. The monoisotopic (exact) mass is 481 g/mol. The highest BCUT2D eigenvalue weighted by molar-refractivity contribution is 6.05. The van der Waals surface area contributed by atoms with E-state index in [0.717, 1.165) is 52.8 Å². The Morgan fingerprint density at radius 2 is 1.78 bits per heavy atom. The minimum absolute atomic E-state index is 0.410. The summed E-state index contributed by atoms with van der Waals surface area (Å²) in [6, 6.07) is 19.7. The van der Waals surface area contributed by atoms with Gasteiger partial charge in [-0.1, -0.05) is 61.9 Å². The van der Waals surface area contributed by atoms with Crippen molar-refractivity contribution < 1.29 is 9.53 Å². The Morgan fingerprint density at radius 1 is 1.03 bits per heavy atom. The summed E-state index contributed by atoms with van der Waals surface area (Å²) in [5, 5.41) is 18.0. The number of aromatic amines is 1. The fourth-order valence-electron chi connectivity index (χ4n) is 4.41. The van der Waals surface area contributed by atoms with Crippen molar-refractivity contribution in [2.45, 2.75) is 26.7 Å². The average molecular weight is 482 g/mol. The van der Waals surface area contributed by atoms with Gasteiger partial charge >= 0.3 is 5.97 Å². The molecular weight excluding hydrogens is 454 g/mol. The van der Waals surface area contributed by atoms with Crippen molar-refractivity contribution in [3.63, 3.8) is 0 Å². The van der Waals surface area contributed by atoms with Crippen LogP contribution in [0.2, 0.25) is 0 Å². The number of benzene rings is 3. The van der Waals surface area contributed by atoms with Crippen molar-refractivity contribution >= 4 is 23.0 Å². The molecule has 0 unspecified atom stereocenters. The smallest absolute Gasteiger partial charge is 0.340 e. The number of carbonyl (C=O) groups is 1. The molecular formula is C27H27N7O2. The third-order valence-electron chi connectivity index (χ3n) is 6.19. The molecule has 0 spiro atoms. The molecule has 3 aromatic carbocycles. The van der Waals surface area contributed by atoms with E-state index in [1.165, 1.54) is 7.11 Å². The van der Waals surface area contributed by atoms with E-state index in [2.05, 4.69) is 32.9 Å². The number of hydrogen-bond donors (Lipinski definition) is 2. The normalized spacial score (nSPS) is 11.1. The van der Waals surface area contributed by atoms with Gasteiger partial charge in [-0.25, -0.2) is 14.9 Å². The van der Waals surface area contributed by atoms with Gasteiger partial charge in [0, 0.05) is 17.7 Å². The predicted octanol–water partition coefficient (Wildman–Crippen LogP) is 5.18. The van der Waals surface area contributed by atoms with Gasteiger partial charge in [-0.2, -0.15) is 0 Å². The minimum atomic E-state index is -0.410. The standard InChI is InChI=1S/C27H27N7O2/c1-4-5-16-28-27-29-23-17(2)14-15-21(26(35)36-3)24(23)34(27)22-13-9-8-11-19(22)18-10-6-7-12-20(18)25-30-32-33-31-25/h6-15H,4-5,16H2,1-3H3,(H,28,29)(H,30,31,32,33). The second-order valence-electron chi connectivity index (χ2n) is 8.48. The molecule has 0 saturated carbocycles. The first-order chi connectivity index (χ1) is 17.6. The number of methoxy groups -OCH3 is 1. The Bertz CT molecular complexity index is 1520. The van der Waals surface area contributed by atoms with Crippen molar-refractivity contribution in [3.05, 3.63) is 71.8 Å². The quantitative estimate of drug-likeness (QED) is 0.232. The highest BCUT2D eigenvalue weighted by Crippen LogP contribution is 2.38. The van der Waals surface area contributed by atoms with Crippen molar-refractivity contribution in [3.8, 4) is 28.2 Å². The number of nitrogens with one attached hydrogen (secondary N) is 2. The summed E-state index contributed by atoms with van der Waals surface area (Å²) in [6.07, 6.45) is 2.05. The molecule has 0 saturated heterocycles. The largest absolute Gasteiger partial charge is 0.465 e. The van der Waals surface area contributed by atoms with Crippen molar-refractivity contribution in [1.82, 2.24) is 30.2 Å². The van der Waals surface area contributed by atoms with E-state index >= 15 is 0 Å². The highest BCUT2D eigenvalue weighted by Gasteiger charge is 2.23. The Labute approximate surface area is 208 Å². The van der Waals surface area contributed by atoms with Crippen LogP contribution >= 0.6 is 0 Å². The summed E-state index contributed by atoms with van der Waals surface area (Å²) in [5.74, 6) is 0.833. The topological polar surface area (TPSA) is 111 Å². The fraction of sp³-hybridized carbons (Fsp3) is 0.222. The second-order valence-corrected chi connectivity index (χ2v) is 8.48. The first-order valence-corrected chi connectivity index (χ1v) is 11.9. The lowest BCUT2D eigenvalue weighted by atomic mass is 9.97. The number of fused-ring (bicyclic) bond motifs is 1. The van der Waals surface area contributed by atoms with Gasteiger partial charge in [0.05, 0.1) is 29.4 Å². The Balaban J connectivity index is 1.82. The predicted molar refractivity (Wildman–Crippen MR) is 139 cm³/mol. The van der Waals surface area contributed by atoms with Crippen LogP contribution in [0.1, 0.15) is 35.7 Å². The van der Waals surface area contributed by atoms with E-state index in [1.807, 2.05) is 66.1 Å². The molecule has 0 atom stereocenters. The second kappa shape index (κ2) is 9.99. The van der Waals surface area contributed by atoms with Gasteiger partial charge in [-0.15, -0.1) is 5.10 Å². The van der Waals surface area contributed by atoms with Gasteiger partial charge in [0.2, 0.25) is 5.95 Å². The van der Waals surface area contributed by atoms with Crippen LogP contribution in [0.25, 0.3) is 39.2 Å². The first-order valence-electron chi connectivity index (χ1n) is 11.9. The first kappa shape index (κ1) is 23.2. The van der Waals surface area contributed by atoms with Crippen LogP contribution in [0.5, 0.6) is 0 Å². The Kier molecular flexibility index (Phi) is 6.44. The SMILES string of the molecule is CCCCNc1nc2c(C)ccc(C(=O)OC)c2n1-c1ccccc1-c1ccccc1-c1nnn[nH]1. The number of H-pyrrole nitrogens is 1. The fourth-order valence-corrected chi connectivity index (χ4v) is 4.41. The molecule has 182 valence electrons. The lowest BCUT2D eigenvalue weighted by molar-refractivity contribution is 0.0602. The number of unbranched alkanes of at least 4 members (excludes halogenated alkanes) is 1. The van der Waals surface area contributed by atoms with Crippen molar-refractivity contribution in [2.24, 2.45) is 0 Å². The summed E-state index contributed by atoms with van der Waals surface area (Å²) in [5.41, 5.74) is 6.50. The molecule has 0 amide bonds. The van der Waals surface area contributed by atoms with Gasteiger partial charge in [0.1, 0.15) is 0 Å². The minimum Gasteiger partial charge on any atom is -0.465 e. The lowest BCUT2D eigenvalue weighted by Gasteiger charge is -2.17. The van der Waals surface area contributed by atoms with E-state index < -0.39 is 5.97 Å². The zero-order chi connectivity index (χ0) is 25.1. The molecule has 0 aliphatic heterocycles. The van der Waals surface area contributed by atoms with Crippen molar-refractivity contribution in [1.29, 1.82) is 0 Å². The number of tetrazole rings is 1. The molecule has 2 heterocycles. The highest BCUT2D eigenvalue weighted by atomic mass is 16.5. The maximum absolute atomic E-state index is 12.8. The van der Waals surface area contributed by atoms with E-state index in [1.54, 1.807) is 6.07 Å². The van der Waals surface area contributed by atoms with Crippen LogP contribution in [-0.4, -0.2) is 49.8 Å². The van der Waals surface area contributed by atoms with Gasteiger partial charge < -0.3 is 10.1 Å². The number of imidazole rings is 1. The molecule has 5 rings (SSSR count). The summed E-state index contributed by atoms with van der Waals surface area (Å²) in [7, 11) is 1.39. The van der Waals surface area contributed by atoms with E-state index in [0.29, 0.717) is 22.9 Å². The van der Waals surface area contributed by atoms with Crippen LogP contribution in [0, 0.1) is 6.92 Å². The third-order valence-corrected chi connectivity index (χ3v) is 6.19. The van der Waals surface area contributed by atoms with Crippen LogP contribution in [0.3, 0.4) is 0 Å². The van der Waals surface area contributed by atoms with Gasteiger partial charge in [-0.3, -0.25) is 4.57 Å². The van der Waals surface area contributed by atoms with Gasteiger partial charge in [0.25, 0.3) is 0 Å². The van der Waals surface area contributed by atoms with Crippen LogP contribution in [0.15, 0.2) is 60.7 Å². The third kappa shape index (κ3) is 4.08. The lowest BCUT2D eigenvalue weighted by Crippen LogP contribution is -2.10. The average Bonchev–Trinajstić information content (AvgIpc) is 3.58. The molecule has 2 N–H and O–H groups in total. The number of anilines is 1. The molecule has 9 nitrogen and oxygen atoms in total. The molecule has 0 radical (unpaired) electrons. The summed E-state index contributed by atoms with van der Waals surface area (Å²) in [4.78, 5) is 17.8. The Hall–Kier alpha value is -4.53. The van der Waals surface area contributed by atoms with Crippen LogP contribution in [-0.2, 0) is 4.74 Å². The number of aryl methyl sites for hydroxylation is 1. The maximum Gasteiger partial charge on any atom is 0.340 e. The van der Waals surface area contributed by atoms with Crippen LogP contribution < -0.4 is 5.32 Å². The van der Waals surface area contributed by atoms with E-state index in [4.69, 9.17) is 9.72 Å². The summed E-state index contributed by atoms with van der Waals surface area (Å²) >= 11 is 0. The number of aromatic nitrogens is 6. The number of para-hydroxylation sites is 1. The zero-order valence-electron chi connectivity index (χ0n) is 20.4. The maximum atomic E-state index is 12.8. The summed E-state index contributed by atoms with van der Waals surface area (Å²) < 4.78 is 7.16. The van der Waals surface area contributed by atoms with E-state index in [-0.39, 0.29) is 0 Å². The van der Waals surface area contributed by atoms with Crippen molar-refractivity contribution in [2.75, 3.05) is 19.0 Å². The number of nitrogens with zero attached hydrogens (tertiary/aromatic N) is 5. The molecule has 0 aliphatic rings. The number of hydrogen-bond acceptors (Lipinski definition) is 7. The molecule has 36 heavy (non-hydrogen) atoms. The zero-order valence-corrected chi connectivity index (χ0v) is 20.4. The number of esters is 1. The summed E-state index contributed by atoms with van der Waals surface area (Å²) in [6.45, 7) is 4.90. The Morgan fingerprint density at radius 3 is 2.50 bits per heavy atom. The van der Waals surface area contributed by atoms with Crippen LogP contribution in [0.4, 0.5) is 5.95 Å². The molecule has 2 aromatic heterocycles. The van der Waals surface area contributed by atoms with E-state index in [9.17, 15) is 4.79 Å².